The highest BCUT2D eigenvalue weighted by Crippen LogP contribution is 2.64. The van der Waals surface area contributed by atoms with E-state index in [2.05, 4.69) is 25.3 Å². The first kappa shape index (κ1) is 30.8. The topological polar surface area (TPSA) is 99.6 Å². The van der Waals surface area contributed by atoms with Crippen molar-refractivity contribution in [1.82, 2.24) is 4.90 Å². The standard InChI is InChI=1S/C34H43N3O6/c1-6-21-36(25-17-15-24(16-18-25)35(7-2)8-3)31(40)29-34-20-19-33(5,43-34)28(32(41)42-9-4)27(34)30(39)37(29)26(22-38)23-13-11-10-12-14-23/h6,10-18,26-29,38H,1,7-9,19-22H2,2-5H3/t26-,27+,28-,29?,33+,34?/m1/s1. The Morgan fingerprint density at radius 2 is 1.74 bits per heavy atom. The number of nitrogens with zero attached hydrogens (tertiary/aromatic N) is 3. The van der Waals surface area contributed by atoms with Crippen LogP contribution in [0.5, 0.6) is 0 Å². The van der Waals surface area contributed by atoms with Crippen LogP contribution < -0.4 is 9.80 Å². The summed E-state index contributed by atoms with van der Waals surface area (Å²) >= 11 is 0. The number of esters is 1. The van der Waals surface area contributed by atoms with E-state index in [1.54, 1.807) is 17.9 Å². The maximum Gasteiger partial charge on any atom is 0.312 e. The minimum absolute atomic E-state index is 0.172. The van der Waals surface area contributed by atoms with Crippen LogP contribution in [-0.2, 0) is 23.9 Å². The quantitative estimate of drug-likeness (QED) is 0.294. The molecule has 5 rings (SSSR count). The van der Waals surface area contributed by atoms with Gasteiger partial charge in [0.25, 0.3) is 5.91 Å². The van der Waals surface area contributed by atoms with Gasteiger partial charge < -0.3 is 29.3 Å². The molecule has 2 amide bonds. The molecule has 2 bridgehead atoms. The molecule has 9 heteroatoms. The molecule has 2 aromatic carbocycles. The number of carbonyl (C=O) groups is 3. The number of amides is 2. The molecule has 0 aliphatic carbocycles. The van der Waals surface area contributed by atoms with Gasteiger partial charge in [-0.3, -0.25) is 14.4 Å². The molecule has 43 heavy (non-hydrogen) atoms. The summed E-state index contributed by atoms with van der Waals surface area (Å²) in [6.07, 6.45) is 2.59. The molecule has 1 spiro atoms. The molecule has 9 nitrogen and oxygen atoms in total. The maximum atomic E-state index is 14.9. The number of hydrogen-bond acceptors (Lipinski definition) is 7. The maximum absolute atomic E-state index is 14.9. The number of likely N-dealkylation sites (tertiary alicyclic amines) is 1. The Morgan fingerprint density at radius 1 is 1.09 bits per heavy atom. The second-order valence-electron chi connectivity index (χ2n) is 11.8. The first-order valence-corrected chi connectivity index (χ1v) is 15.3. The van der Waals surface area contributed by atoms with Crippen molar-refractivity contribution in [2.45, 2.75) is 63.8 Å². The Morgan fingerprint density at radius 3 is 2.33 bits per heavy atom. The summed E-state index contributed by atoms with van der Waals surface area (Å²) in [7, 11) is 0. The Hall–Kier alpha value is -3.69. The molecule has 2 unspecified atom stereocenters. The van der Waals surface area contributed by atoms with Gasteiger partial charge in [0.05, 0.1) is 30.8 Å². The molecule has 3 saturated heterocycles. The summed E-state index contributed by atoms with van der Waals surface area (Å²) in [6.45, 7) is 13.4. The summed E-state index contributed by atoms with van der Waals surface area (Å²) in [5.41, 5.74) is 0.216. The van der Waals surface area contributed by atoms with Gasteiger partial charge in [-0.2, -0.15) is 0 Å². The number of rotatable bonds is 12. The molecule has 0 aromatic heterocycles. The zero-order chi connectivity index (χ0) is 30.9. The monoisotopic (exact) mass is 589 g/mol. The fourth-order valence-electron chi connectivity index (χ4n) is 7.63. The summed E-state index contributed by atoms with van der Waals surface area (Å²) in [5.74, 6) is -2.97. The van der Waals surface area contributed by atoms with Crippen molar-refractivity contribution in [1.29, 1.82) is 0 Å². The van der Waals surface area contributed by atoms with Crippen molar-refractivity contribution >= 4 is 29.2 Å². The molecule has 3 heterocycles. The zero-order valence-corrected chi connectivity index (χ0v) is 25.6. The van der Waals surface area contributed by atoms with Crippen LogP contribution in [0.25, 0.3) is 0 Å². The Kier molecular flexibility index (Phi) is 8.68. The molecule has 3 fully saturated rings. The predicted molar refractivity (Wildman–Crippen MR) is 165 cm³/mol. The Balaban J connectivity index is 1.63. The van der Waals surface area contributed by atoms with Gasteiger partial charge in [0.15, 0.2) is 0 Å². The van der Waals surface area contributed by atoms with Crippen LogP contribution in [-0.4, -0.2) is 77.9 Å². The summed E-state index contributed by atoms with van der Waals surface area (Å²) in [4.78, 5) is 48.2. The zero-order valence-electron chi connectivity index (χ0n) is 25.6. The lowest BCUT2D eigenvalue weighted by atomic mass is 9.66. The van der Waals surface area contributed by atoms with E-state index in [1.807, 2.05) is 61.5 Å². The number of aliphatic hydroxyl groups excluding tert-OH is 1. The highest BCUT2D eigenvalue weighted by atomic mass is 16.6. The first-order valence-electron chi connectivity index (χ1n) is 15.3. The molecule has 3 aliphatic heterocycles. The van der Waals surface area contributed by atoms with E-state index in [-0.39, 0.29) is 25.0 Å². The van der Waals surface area contributed by atoms with E-state index in [9.17, 15) is 19.5 Å². The minimum Gasteiger partial charge on any atom is -0.466 e. The van der Waals surface area contributed by atoms with Crippen molar-refractivity contribution in [3.05, 3.63) is 72.8 Å². The van der Waals surface area contributed by atoms with E-state index in [0.717, 1.165) is 18.8 Å². The molecule has 3 aliphatic rings. The van der Waals surface area contributed by atoms with Crippen molar-refractivity contribution in [2.75, 3.05) is 42.6 Å². The second-order valence-corrected chi connectivity index (χ2v) is 11.8. The van der Waals surface area contributed by atoms with Gasteiger partial charge in [-0.1, -0.05) is 36.4 Å². The van der Waals surface area contributed by atoms with Gasteiger partial charge in [-0.05, 0) is 70.4 Å². The van der Waals surface area contributed by atoms with Gasteiger partial charge in [-0.25, -0.2) is 0 Å². The van der Waals surface area contributed by atoms with Gasteiger partial charge in [0.1, 0.15) is 17.6 Å². The van der Waals surface area contributed by atoms with E-state index >= 15 is 0 Å². The molecule has 0 radical (unpaired) electrons. The van der Waals surface area contributed by atoms with Crippen LogP contribution in [0.2, 0.25) is 0 Å². The average Bonchev–Trinajstić information content (AvgIpc) is 3.58. The van der Waals surface area contributed by atoms with E-state index in [1.165, 1.54) is 4.90 Å². The van der Waals surface area contributed by atoms with Crippen LogP contribution in [0.4, 0.5) is 11.4 Å². The summed E-state index contributed by atoms with van der Waals surface area (Å²) in [6, 6.07) is 15.1. The van der Waals surface area contributed by atoms with Crippen molar-refractivity contribution in [3.63, 3.8) is 0 Å². The van der Waals surface area contributed by atoms with Crippen LogP contribution in [0.1, 0.15) is 52.1 Å². The summed E-state index contributed by atoms with van der Waals surface area (Å²) in [5, 5.41) is 10.7. The molecule has 2 aromatic rings. The van der Waals surface area contributed by atoms with Crippen molar-refractivity contribution in [3.8, 4) is 0 Å². The molecule has 230 valence electrons. The Labute approximate surface area is 254 Å². The highest BCUT2D eigenvalue weighted by Gasteiger charge is 2.79. The second kappa shape index (κ2) is 12.1. The number of aliphatic hydroxyl groups is 1. The molecular formula is C34H43N3O6. The SMILES string of the molecule is C=CCN(C(=O)C1N([C@H](CO)c2ccccc2)C(=O)[C@@H]2[C@H](C(=O)OCC)[C@]3(C)CCC12O3)c1ccc(N(CC)CC)cc1. The number of ether oxygens (including phenoxy) is 2. The van der Waals surface area contributed by atoms with Gasteiger partial charge in [-0.15, -0.1) is 6.58 Å². The van der Waals surface area contributed by atoms with E-state index < -0.39 is 47.7 Å². The third-order valence-corrected chi connectivity index (χ3v) is 9.55. The molecule has 0 saturated carbocycles. The number of hydrogen-bond donors (Lipinski definition) is 1. The van der Waals surface area contributed by atoms with Crippen LogP contribution >= 0.6 is 0 Å². The molecule has 6 atom stereocenters. The third kappa shape index (κ3) is 4.92. The number of fused-ring (bicyclic) bond motifs is 1. The highest BCUT2D eigenvalue weighted by molar-refractivity contribution is 6.05. The van der Waals surface area contributed by atoms with Gasteiger partial charge >= 0.3 is 5.97 Å². The largest absolute Gasteiger partial charge is 0.466 e. The average molecular weight is 590 g/mol. The van der Waals surface area contributed by atoms with Gasteiger partial charge in [0.2, 0.25) is 5.91 Å². The number of anilines is 2. The number of benzene rings is 2. The van der Waals surface area contributed by atoms with Crippen LogP contribution in [0.15, 0.2) is 67.3 Å². The van der Waals surface area contributed by atoms with Gasteiger partial charge in [0, 0.05) is 31.0 Å². The normalized spacial score (nSPS) is 28.0. The molecular weight excluding hydrogens is 546 g/mol. The fraction of sp³-hybridized carbons (Fsp3) is 0.500. The van der Waals surface area contributed by atoms with E-state index in [4.69, 9.17) is 9.47 Å². The third-order valence-electron chi connectivity index (χ3n) is 9.55. The predicted octanol–water partition coefficient (Wildman–Crippen LogP) is 4.11. The lowest BCUT2D eigenvalue weighted by molar-refractivity contribution is -0.160. The lowest BCUT2D eigenvalue weighted by Gasteiger charge is -2.39. The fourth-order valence-corrected chi connectivity index (χ4v) is 7.63. The minimum atomic E-state index is -1.25. The van der Waals surface area contributed by atoms with Crippen molar-refractivity contribution < 1.29 is 29.0 Å². The molecule has 1 N–H and O–H groups in total. The summed E-state index contributed by atoms with van der Waals surface area (Å²) < 4.78 is 12.2. The van der Waals surface area contributed by atoms with E-state index in [0.29, 0.717) is 24.1 Å². The Bertz CT molecular complexity index is 1350. The van der Waals surface area contributed by atoms with Crippen molar-refractivity contribution in [2.24, 2.45) is 11.8 Å². The van der Waals surface area contributed by atoms with Crippen LogP contribution in [0.3, 0.4) is 0 Å². The number of carbonyl (C=O) groups excluding carboxylic acids is 3. The van der Waals surface area contributed by atoms with Crippen LogP contribution in [0, 0.1) is 11.8 Å². The smallest absolute Gasteiger partial charge is 0.312 e. The lowest BCUT2D eigenvalue weighted by Crippen LogP contribution is -2.57. The first-order chi connectivity index (χ1) is 20.7.